The van der Waals surface area contributed by atoms with Crippen LogP contribution in [0.5, 0.6) is 0 Å². The molecule has 4 rings (SSSR count). The third kappa shape index (κ3) is 3.88. The highest BCUT2D eigenvalue weighted by Gasteiger charge is 2.44. The van der Waals surface area contributed by atoms with Crippen LogP contribution in [-0.2, 0) is 9.59 Å². The molecule has 6 nitrogen and oxygen atoms in total. The molecule has 0 bridgehead atoms. The van der Waals surface area contributed by atoms with E-state index in [0.29, 0.717) is 29.8 Å². The zero-order chi connectivity index (χ0) is 22.5. The molecule has 1 amide bonds. The minimum atomic E-state index is -0.529. The molecule has 1 unspecified atom stereocenters. The van der Waals surface area contributed by atoms with E-state index < -0.39 is 4.92 Å². The Labute approximate surface area is 185 Å². The van der Waals surface area contributed by atoms with Gasteiger partial charge in [-0.15, -0.1) is 0 Å². The van der Waals surface area contributed by atoms with Gasteiger partial charge in [-0.1, -0.05) is 55.3 Å². The minimum Gasteiger partial charge on any atom is -0.294 e. The van der Waals surface area contributed by atoms with Crippen molar-refractivity contribution in [3.8, 4) is 0 Å². The van der Waals surface area contributed by atoms with Gasteiger partial charge in [0.1, 0.15) is 0 Å². The lowest BCUT2D eigenvalue weighted by molar-refractivity contribution is -0.384. The first-order chi connectivity index (χ1) is 14.6. The lowest BCUT2D eigenvalue weighted by atomic mass is 9.69. The Kier molecular flexibility index (Phi) is 5.21. The van der Waals surface area contributed by atoms with Crippen molar-refractivity contribution in [2.75, 3.05) is 4.90 Å². The van der Waals surface area contributed by atoms with Crippen molar-refractivity contribution in [1.82, 2.24) is 0 Å². The van der Waals surface area contributed by atoms with Gasteiger partial charge in [0.15, 0.2) is 5.78 Å². The van der Waals surface area contributed by atoms with Crippen molar-refractivity contribution < 1.29 is 14.5 Å². The average molecular weight is 439 g/mol. The summed E-state index contributed by atoms with van der Waals surface area (Å²) in [5, 5.41) is 11.2. The summed E-state index contributed by atoms with van der Waals surface area (Å²) in [5.74, 6) is -0.447. The highest BCUT2D eigenvalue weighted by molar-refractivity contribution is 6.34. The molecular weight excluding hydrogens is 416 g/mol. The summed E-state index contributed by atoms with van der Waals surface area (Å²) in [5.41, 5.74) is 3.26. The number of ketones is 1. The van der Waals surface area contributed by atoms with Crippen LogP contribution in [0.2, 0.25) is 5.02 Å². The quantitative estimate of drug-likeness (QED) is 0.453. The summed E-state index contributed by atoms with van der Waals surface area (Å²) in [6.45, 7) is 6.00. The predicted molar refractivity (Wildman–Crippen MR) is 119 cm³/mol. The maximum absolute atomic E-state index is 13.4. The average Bonchev–Trinajstić information content (AvgIpc) is 2.67. The molecule has 1 heterocycles. The number of allylic oxidation sites excluding steroid dienone is 2. The van der Waals surface area contributed by atoms with Crippen molar-refractivity contribution >= 4 is 34.7 Å². The minimum absolute atomic E-state index is 0.0346. The molecule has 0 radical (unpaired) electrons. The molecule has 2 aliphatic rings. The van der Waals surface area contributed by atoms with E-state index in [9.17, 15) is 19.7 Å². The van der Waals surface area contributed by atoms with Crippen LogP contribution in [-0.4, -0.2) is 16.6 Å². The zero-order valence-corrected chi connectivity index (χ0v) is 18.4. The van der Waals surface area contributed by atoms with E-state index in [1.165, 1.54) is 23.1 Å². The highest BCUT2D eigenvalue weighted by atomic mass is 35.5. The largest absolute Gasteiger partial charge is 0.294 e. The molecule has 0 aromatic heterocycles. The van der Waals surface area contributed by atoms with Gasteiger partial charge >= 0.3 is 0 Å². The standard InChI is InChI=1S/C24H23ClN2O4/c1-14-4-6-15(7-5-14)17-11-22(29)26(19-9-8-16(27(30)31)10-18(19)25)20-12-24(2,3)13-21(28)23(17)20/h4-10,17H,11-13H2,1-3H3. The second-order valence-electron chi connectivity index (χ2n) is 9.09. The monoisotopic (exact) mass is 438 g/mol. The number of carbonyl (C=O) groups is 2. The number of nitro benzene ring substituents is 1. The van der Waals surface area contributed by atoms with Gasteiger partial charge in [-0.3, -0.25) is 24.6 Å². The molecule has 160 valence electrons. The topological polar surface area (TPSA) is 80.5 Å². The Balaban J connectivity index is 1.89. The molecule has 0 spiro atoms. The Morgan fingerprint density at radius 2 is 1.77 bits per heavy atom. The first kappa shape index (κ1) is 21.2. The van der Waals surface area contributed by atoms with Gasteiger partial charge < -0.3 is 0 Å². The molecule has 1 aliphatic carbocycles. The van der Waals surface area contributed by atoms with Crippen molar-refractivity contribution in [2.45, 2.75) is 46.0 Å². The Morgan fingerprint density at radius 3 is 2.39 bits per heavy atom. The van der Waals surface area contributed by atoms with Crippen molar-refractivity contribution in [1.29, 1.82) is 0 Å². The molecule has 0 saturated carbocycles. The SMILES string of the molecule is Cc1ccc(C2CC(=O)N(c3ccc([N+](=O)[O-])cc3Cl)C3=C2C(=O)CC(C)(C)C3)cc1. The number of aryl methyl sites for hydroxylation is 1. The highest BCUT2D eigenvalue weighted by Crippen LogP contribution is 2.49. The van der Waals surface area contributed by atoms with Crippen LogP contribution in [0.3, 0.4) is 0 Å². The van der Waals surface area contributed by atoms with Crippen LogP contribution in [0.4, 0.5) is 11.4 Å². The maximum atomic E-state index is 13.4. The molecule has 1 atom stereocenters. The number of hydrogen-bond donors (Lipinski definition) is 0. The number of Topliss-reactive ketones (excluding diaryl/α,β-unsaturated/α-hetero) is 1. The molecule has 2 aromatic carbocycles. The van der Waals surface area contributed by atoms with Gasteiger partial charge in [-0.2, -0.15) is 0 Å². The molecule has 0 N–H and O–H groups in total. The normalized spacial score (nSPS) is 20.6. The summed E-state index contributed by atoms with van der Waals surface area (Å²) in [7, 11) is 0. The van der Waals surface area contributed by atoms with Gasteiger partial charge in [0.05, 0.1) is 15.6 Å². The van der Waals surface area contributed by atoms with E-state index in [4.69, 9.17) is 11.6 Å². The Hall–Kier alpha value is -2.99. The molecule has 2 aromatic rings. The first-order valence-electron chi connectivity index (χ1n) is 10.2. The van der Waals surface area contributed by atoms with Crippen LogP contribution in [0, 0.1) is 22.5 Å². The van der Waals surface area contributed by atoms with Crippen molar-refractivity contribution in [2.24, 2.45) is 5.41 Å². The summed E-state index contributed by atoms with van der Waals surface area (Å²) in [6, 6.07) is 12.0. The molecule has 7 heteroatoms. The van der Waals surface area contributed by atoms with E-state index in [1.54, 1.807) is 0 Å². The number of non-ortho nitro benzene ring substituents is 1. The number of nitrogens with zero attached hydrogens (tertiary/aromatic N) is 2. The van der Waals surface area contributed by atoms with E-state index in [-0.39, 0.29) is 40.2 Å². The summed E-state index contributed by atoms with van der Waals surface area (Å²) < 4.78 is 0. The van der Waals surface area contributed by atoms with Crippen LogP contribution in [0.25, 0.3) is 0 Å². The predicted octanol–water partition coefficient (Wildman–Crippen LogP) is 5.72. The van der Waals surface area contributed by atoms with Gasteiger partial charge in [0.2, 0.25) is 5.91 Å². The fourth-order valence-corrected chi connectivity index (χ4v) is 4.83. The van der Waals surface area contributed by atoms with Crippen molar-refractivity contribution in [3.05, 3.63) is 80.0 Å². The lowest BCUT2D eigenvalue weighted by Crippen LogP contribution is -2.43. The second-order valence-corrected chi connectivity index (χ2v) is 9.50. The third-order valence-corrected chi connectivity index (χ3v) is 6.31. The summed E-state index contributed by atoms with van der Waals surface area (Å²) in [6.07, 6.45) is 1.08. The lowest BCUT2D eigenvalue weighted by Gasteiger charge is -2.43. The van der Waals surface area contributed by atoms with Crippen LogP contribution in [0.1, 0.15) is 50.2 Å². The first-order valence-corrected chi connectivity index (χ1v) is 10.5. The van der Waals surface area contributed by atoms with E-state index >= 15 is 0 Å². The molecule has 31 heavy (non-hydrogen) atoms. The number of halogens is 1. The van der Waals surface area contributed by atoms with Crippen LogP contribution in [0.15, 0.2) is 53.7 Å². The maximum Gasteiger partial charge on any atom is 0.271 e. The fourth-order valence-electron chi connectivity index (χ4n) is 4.57. The van der Waals surface area contributed by atoms with Crippen molar-refractivity contribution in [3.63, 3.8) is 0 Å². The number of benzene rings is 2. The number of anilines is 1. The van der Waals surface area contributed by atoms with Gasteiger partial charge in [-0.05, 0) is 30.4 Å². The number of amides is 1. The number of rotatable bonds is 3. The molecule has 0 fully saturated rings. The van der Waals surface area contributed by atoms with Gasteiger partial charge in [-0.25, -0.2) is 0 Å². The number of hydrogen-bond acceptors (Lipinski definition) is 4. The molecule has 1 aliphatic heterocycles. The van der Waals surface area contributed by atoms with Crippen LogP contribution < -0.4 is 4.90 Å². The summed E-state index contributed by atoms with van der Waals surface area (Å²) in [4.78, 5) is 38.7. The molecular formula is C24H23ClN2O4. The van der Waals surface area contributed by atoms with Gasteiger partial charge in [0.25, 0.3) is 5.69 Å². The Morgan fingerprint density at radius 1 is 1.10 bits per heavy atom. The zero-order valence-electron chi connectivity index (χ0n) is 17.6. The fraction of sp³-hybridized carbons (Fsp3) is 0.333. The van der Waals surface area contributed by atoms with E-state index in [1.807, 2.05) is 45.0 Å². The van der Waals surface area contributed by atoms with Gasteiger partial charge in [0, 0.05) is 42.2 Å². The number of carbonyl (C=O) groups excluding carboxylic acids is 2. The second kappa shape index (κ2) is 7.61. The third-order valence-electron chi connectivity index (χ3n) is 6.01. The summed E-state index contributed by atoms with van der Waals surface area (Å²) >= 11 is 6.38. The van der Waals surface area contributed by atoms with E-state index in [2.05, 4.69) is 0 Å². The van der Waals surface area contributed by atoms with E-state index in [0.717, 1.165) is 11.1 Å². The smallest absolute Gasteiger partial charge is 0.271 e. The van der Waals surface area contributed by atoms with Crippen LogP contribution >= 0.6 is 11.6 Å². The Bertz CT molecular complexity index is 1130. The molecule has 0 saturated heterocycles. The number of nitro groups is 1.